The summed E-state index contributed by atoms with van der Waals surface area (Å²) >= 11 is 0. The number of rotatable bonds is 12. The van der Waals surface area contributed by atoms with Crippen LogP contribution in [0.5, 0.6) is 0 Å². The molecule has 0 unspecified atom stereocenters. The van der Waals surface area contributed by atoms with Gasteiger partial charge < -0.3 is 10.2 Å². The van der Waals surface area contributed by atoms with E-state index in [2.05, 4.69) is 20.4 Å². The van der Waals surface area contributed by atoms with E-state index in [4.69, 9.17) is 5.11 Å². The molecule has 0 aliphatic heterocycles. The summed E-state index contributed by atoms with van der Waals surface area (Å²) in [6.07, 6.45) is 5.23. The summed E-state index contributed by atoms with van der Waals surface area (Å²) < 4.78 is 0. The molecule has 0 saturated carbocycles. The molecule has 0 aromatic heterocycles. The average Bonchev–Trinajstić information content (AvgIpc) is 2.36. The first-order valence-corrected chi connectivity index (χ1v) is 8.24. The highest BCUT2D eigenvalue weighted by Gasteiger charge is 2.49. The van der Waals surface area contributed by atoms with Crippen LogP contribution in [0.2, 0.25) is 0 Å². The van der Waals surface area contributed by atoms with Crippen LogP contribution >= 0.6 is 0 Å². The molecule has 0 amide bonds. The van der Waals surface area contributed by atoms with Crippen molar-refractivity contribution in [3.63, 3.8) is 0 Å². The molecule has 0 fully saturated rings. The third-order valence-electron chi connectivity index (χ3n) is 4.71. The van der Waals surface area contributed by atoms with Crippen molar-refractivity contribution in [2.24, 2.45) is 10.8 Å². The Hall–Kier alpha value is -1.32. The Bertz CT molecular complexity index is 388. The maximum Gasteiger partial charge on any atom is 0.310 e. The van der Waals surface area contributed by atoms with Gasteiger partial charge in [-0.2, -0.15) is 0 Å². The van der Waals surface area contributed by atoms with Gasteiger partial charge in [0.1, 0.15) is 0 Å². The largest absolute Gasteiger partial charge is 0.481 e. The predicted octanol–water partition coefficient (Wildman–Crippen LogP) is 4.89. The zero-order valence-corrected chi connectivity index (χ0v) is 14.6. The Morgan fingerprint density at radius 3 is 1.77 bits per heavy atom. The number of hydrogen-bond donors (Lipinski definition) is 2. The van der Waals surface area contributed by atoms with Crippen molar-refractivity contribution in [2.45, 2.75) is 79.1 Å². The van der Waals surface area contributed by atoms with Gasteiger partial charge in [-0.1, -0.05) is 65.5 Å². The molecule has 22 heavy (non-hydrogen) atoms. The van der Waals surface area contributed by atoms with E-state index in [1.54, 1.807) is 0 Å². The van der Waals surface area contributed by atoms with E-state index >= 15 is 0 Å². The molecular formula is C18H32O4. The van der Waals surface area contributed by atoms with E-state index in [-0.39, 0.29) is 6.42 Å². The Labute approximate surface area is 134 Å². The Kier molecular flexibility index (Phi) is 8.43. The number of carboxylic acid groups (broad SMARTS) is 2. The van der Waals surface area contributed by atoms with Gasteiger partial charge in [-0.3, -0.25) is 9.59 Å². The summed E-state index contributed by atoms with van der Waals surface area (Å²) in [5.74, 6) is -1.67. The molecule has 0 aromatic rings. The van der Waals surface area contributed by atoms with Gasteiger partial charge in [0.2, 0.25) is 0 Å². The van der Waals surface area contributed by atoms with Crippen molar-refractivity contribution in [1.29, 1.82) is 0 Å². The van der Waals surface area contributed by atoms with Crippen LogP contribution in [0.4, 0.5) is 0 Å². The minimum absolute atomic E-state index is 0.0965. The molecule has 0 rings (SSSR count). The van der Waals surface area contributed by atoms with E-state index in [0.29, 0.717) is 24.8 Å². The van der Waals surface area contributed by atoms with Crippen LogP contribution in [0.25, 0.3) is 0 Å². The van der Waals surface area contributed by atoms with E-state index in [1.165, 1.54) is 0 Å². The molecular weight excluding hydrogens is 280 g/mol. The van der Waals surface area contributed by atoms with Crippen LogP contribution in [0.15, 0.2) is 12.2 Å². The second-order valence-electron chi connectivity index (χ2n) is 6.98. The minimum atomic E-state index is -0.913. The van der Waals surface area contributed by atoms with Gasteiger partial charge in [-0.15, -0.1) is 0 Å². The summed E-state index contributed by atoms with van der Waals surface area (Å²) in [4.78, 5) is 23.0. The number of aliphatic carboxylic acids is 2. The summed E-state index contributed by atoms with van der Waals surface area (Å²) in [6.45, 7) is 11.8. The Morgan fingerprint density at radius 2 is 1.45 bits per heavy atom. The van der Waals surface area contributed by atoms with Crippen molar-refractivity contribution in [3.05, 3.63) is 12.2 Å². The lowest BCUT2D eigenvalue weighted by Crippen LogP contribution is -2.45. The topological polar surface area (TPSA) is 74.6 Å². The molecule has 128 valence electrons. The highest BCUT2D eigenvalue weighted by atomic mass is 16.4. The van der Waals surface area contributed by atoms with E-state index in [1.807, 2.05) is 13.8 Å². The van der Waals surface area contributed by atoms with Crippen LogP contribution < -0.4 is 0 Å². The monoisotopic (exact) mass is 312 g/mol. The van der Waals surface area contributed by atoms with Gasteiger partial charge in [0.05, 0.1) is 11.8 Å². The van der Waals surface area contributed by atoms with Gasteiger partial charge >= 0.3 is 11.9 Å². The van der Waals surface area contributed by atoms with Crippen LogP contribution in [-0.4, -0.2) is 22.2 Å². The van der Waals surface area contributed by atoms with Crippen LogP contribution in [0.1, 0.15) is 79.1 Å². The number of carbonyl (C=O) groups is 2. The molecule has 0 heterocycles. The number of unbranched alkanes of at least 4 members (excludes halogenated alkanes) is 2. The summed E-state index contributed by atoms with van der Waals surface area (Å²) in [7, 11) is 0. The molecule has 0 radical (unpaired) electrons. The molecule has 0 atom stereocenters. The highest BCUT2D eigenvalue weighted by Crippen LogP contribution is 2.50. The molecule has 0 bridgehead atoms. The maximum absolute atomic E-state index is 12.1. The fourth-order valence-corrected chi connectivity index (χ4v) is 3.33. The second kappa shape index (κ2) is 8.96. The normalized spacial score (nSPS) is 12.2. The van der Waals surface area contributed by atoms with Crippen LogP contribution in [-0.2, 0) is 9.59 Å². The highest BCUT2D eigenvalue weighted by molar-refractivity contribution is 5.76. The SMILES string of the molecule is C=C(CC(=O)O)CC(C)(C)C(CCCC)(CCCC)C(=O)O. The number of carboxylic acids is 2. The third kappa shape index (κ3) is 5.47. The van der Waals surface area contributed by atoms with E-state index in [0.717, 1.165) is 25.7 Å². The maximum atomic E-state index is 12.1. The fraction of sp³-hybridized carbons (Fsp3) is 0.778. The average molecular weight is 312 g/mol. The standard InChI is InChI=1S/C18H32O4/c1-6-8-10-18(16(21)22,11-9-7-2)17(4,5)13-14(3)12-15(19)20/h3,6-13H2,1-2,4-5H3,(H,19,20)(H,21,22). The van der Waals surface area contributed by atoms with Crippen LogP contribution in [0.3, 0.4) is 0 Å². The zero-order chi connectivity index (χ0) is 17.4. The predicted molar refractivity (Wildman–Crippen MR) is 88.9 cm³/mol. The zero-order valence-electron chi connectivity index (χ0n) is 14.6. The third-order valence-corrected chi connectivity index (χ3v) is 4.71. The van der Waals surface area contributed by atoms with Gasteiger partial charge in [-0.25, -0.2) is 0 Å². The first-order chi connectivity index (χ1) is 10.1. The molecule has 0 spiro atoms. The van der Waals surface area contributed by atoms with Crippen molar-refractivity contribution in [1.82, 2.24) is 0 Å². The Morgan fingerprint density at radius 1 is 1.00 bits per heavy atom. The smallest absolute Gasteiger partial charge is 0.310 e. The lowest BCUT2D eigenvalue weighted by atomic mass is 9.58. The molecule has 4 nitrogen and oxygen atoms in total. The molecule has 0 aromatic carbocycles. The lowest BCUT2D eigenvalue weighted by Gasteiger charge is -2.44. The number of hydrogen-bond acceptors (Lipinski definition) is 2. The first-order valence-electron chi connectivity index (χ1n) is 8.24. The molecule has 4 heteroatoms. The quantitative estimate of drug-likeness (QED) is 0.503. The van der Waals surface area contributed by atoms with Crippen molar-refractivity contribution in [3.8, 4) is 0 Å². The molecule has 0 aliphatic carbocycles. The summed E-state index contributed by atoms with van der Waals surface area (Å²) in [5, 5.41) is 18.9. The molecule has 2 N–H and O–H groups in total. The lowest BCUT2D eigenvalue weighted by molar-refractivity contribution is -0.159. The summed E-state index contributed by atoms with van der Waals surface area (Å²) in [5.41, 5.74) is -0.744. The minimum Gasteiger partial charge on any atom is -0.481 e. The van der Waals surface area contributed by atoms with Gasteiger partial charge in [-0.05, 0) is 24.7 Å². The van der Waals surface area contributed by atoms with Crippen molar-refractivity contribution >= 4 is 11.9 Å². The Balaban J connectivity index is 5.44. The van der Waals surface area contributed by atoms with Gasteiger partial charge in [0.25, 0.3) is 0 Å². The molecule has 0 saturated heterocycles. The van der Waals surface area contributed by atoms with Gasteiger partial charge in [0, 0.05) is 0 Å². The summed E-state index contributed by atoms with van der Waals surface area (Å²) in [6, 6.07) is 0. The fourth-order valence-electron chi connectivity index (χ4n) is 3.33. The second-order valence-corrected chi connectivity index (χ2v) is 6.98. The van der Waals surface area contributed by atoms with Crippen LogP contribution in [0, 0.1) is 10.8 Å². The van der Waals surface area contributed by atoms with Gasteiger partial charge in [0.15, 0.2) is 0 Å². The molecule has 0 aliphatic rings. The van der Waals surface area contributed by atoms with Crippen molar-refractivity contribution in [2.75, 3.05) is 0 Å². The van der Waals surface area contributed by atoms with Crippen molar-refractivity contribution < 1.29 is 19.8 Å². The van der Waals surface area contributed by atoms with E-state index in [9.17, 15) is 14.7 Å². The first kappa shape index (κ1) is 20.7. The van der Waals surface area contributed by atoms with E-state index < -0.39 is 22.8 Å².